The number of carbonyl (C=O) groups excluding carboxylic acids is 1. The van der Waals surface area contributed by atoms with Gasteiger partial charge in [0.15, 0.2) is 0 Å². The van der Waals surface area contributed by atoms with Crippen LogP contribution in [0.3, 0.4) is 0 Å². The van der Waals surface area contributed by atoms with E-state index in [-0.39, 0.29) is 17.9 Å². The van der Waals surface area contributed by atoms with Gasteiger partial charge in [0, 0.05) is 38.6 Å². The van der Waals surface area contributed by atoms with E-state index >= 15 is 0 Å². The van der Waals surface area contributed by atoms with Crippen molar-refractivity contribution in [2.45, 2.75) is 32.6 Å². The Balaban J connectivity index is 2.10. The topological polar surface area (TPSA) is 61.4 Å². The monoisotopic (exact) mass is 214 g/mol. The summed E-state index contributed by atoms with van der Waals surface area (Å²) in [6.45, 7) is 4.10. The third kappa shape index (κ3) is 4.18. The number of nitrogens with one attached hydrogen (secondary N) is 2. The Labute approximate surface area is 91.4 Å². The van der Waals surface area contributed by atoms with Gasteiger partial charge in [0.25, 0.3) is 0 Å². The number of hydrogen-bond acceptors (Lipinski definition) is 3. The van der Waals surface area contributed by atoms with Gasteiger partial charge in [0.1, 0.15) is 0 Å². The van der Waals surface area contributed by atoms with Gasteiger partial charge in [0.2, 0.25) is 5.91 Å². The molecule has 0 unspecified atom stereocenters. The first-order valence-corrected chi connectivity index (χ1v) is 5.75. The normalized spacial score (nSPS) is 19.1. The van der Waals surface area contributed by atoms with E-state index < -0.39 is 0 Å². The van der Waals surface area contributed by atoms with E-state index in [1.807, 2.05) is 0 Å². The molecule has 1 aliphatic carbocycles. The van der Waals surface area contributed by atoms with Gasteiger partial charge < -0.3 is 15.7 Å². The van der Waals surface area contributed by atoms with Gasteiger partial charge in [-0.15, -0.1) is 0 Å². The van der Waals surface area contributed by atoms with E-state index in [9.17, 15) is 9.90 Å². The van der Waals surface area contributed by atoms with Crippen molar-refractivity contribution in [1.82, 2.24) is 10.6 Å². The minimum atomic E-state index is 0.00883. The molecule has 15 heavy (non-hydrogen) atoms. The quantitative estimate of drug-likeness (QED) is 0.556. The summed E-state index contributed by atoms with van der Waals surface area (Å²) in [7, 11) is 0. The Morgan fingerprint density at radius 2 is 2.00 bits per heavy atom. The Morgan fingerprint density at radius 1 is 1.33 bits per heavy atom. The fourth-order valence-electron chi connectivity index (χ4n) is 2.20. The molecule has 0 aromatic rings. The molecule has 1 saturated carbocycles. The summed E-state index contributed by atoms with van der Waals surface area (Å²) in [5.74, 6) is 0.00883. The third-order valence-electron chi connectivity index (χ3n) is 3.18. The fraction of sp³-hybridized carbons (Fsp3) is 0.909. The molecule has 0 spiro atoms. The second-order valence-corrected chi connectivity index (χ2v) is 4.52. The molecule has 3 N–H and O–H groups in total. The van der Waals surface area contributed by atoms with Crippen molar-refractivity contribution in [3.63, 3.8) is 0 Å². The molecule has 1 aliphatic rings. The summed E-state index contributed by atoms with van der Waals surface area (Å²) in [6, 6.07) is 0. The Bertz CT molecular complexity index is 201. The van der Waals surface area contributed by atoms with Gasteiger partial charge in [-0.2, -0.15) is 0 Å². The SMILES string of the molecule is CC(=O)NCCNCC1(CO)CCCC1. The molecule has 1 rings (SSSR count). The number of aliphatic hydroxyl groups excluding tert-OH is 1. The van der Waals surface area contributed by atoms with Crippen molar-refractivity contribution in [2.75, 3.05) is 26.2 Å². The van der Waals surface area contributed by atoms with E-state index in [0.717, 1.165) is 25.9 Å². The van der Waals surface area contributed by atoms with E-state index in [4.69, 9.17) is 0 Å². The second kappa shape index (κ2) is 6.08. The van der Waals surface area contributed by atoms with Crippen LogP contribution in [-0.4, -0.2) is 37.3 Å². The van der Waals surface area contributed by atoms with Gasteiger partial charge in [-0.05, 0) is 12.8 Å². The van der Waals surface area contributed by atoms with Crippen LogP contribution < -0.4 is 10.6 Å². The zero-order chi connectivity index (χ0) is 11.1. The van der Waals surface area contributed by atoms with Crippen molar-refractivity contribution < 1.29 is 9.90 Å². The number of aliphatic hydroxyl groups is 1. The summed E-state index contributed by atoms with van der Waals surface area (Å²) in [6.07, 6.45) is 4.70. The molecule has 0 heterocycles. The Hall–Kier alpha value is -0.610. The van der Waals surface area contributed by atoms with Gasteiger partial charge >= 0.3 is 0 Å². The summed E-state index contributed by atoms with van der Waals surface area (Å²) in [5.41, 5.74) is 0.107. The molecule has 1 amide bonds. The molecular weight excluding hydrogens is 192 g/mol. The number of amides is 1. The third-order valence-corrected chi connectivity index (χ3v) is 3.18. The van der Waals surface area contributed by atoms with Crippen molar-refractivity contribution in [1.29, 1.82) is 0 Å². The number of rotatable bonds is 6. The van der Waals surface area contributed by atoms with Crippen LogP contribution >= 0.6 is 0 Å². The van der Waals surface area contributed by atoms with Crippen LogP contribution in [0.25, 0.3) is 0 Å². The van der Waals surface area contributed by atoms with Crippen molar-refractivity contribution in [3.8, 4) is 0 Å². The van der Waals surface area contributed by atoms with Crippen LogP contribution in [0, 0.1) is 5.41 Å². The molecular formula is C11H22N2O2. The van der Waals surface area contributed by atoms with Crippen LogP contribution in [0.4, 0.5) is 0 Å². The Morgan fingerprint density at radius 3 is 2.53 bits per heavy atom. The predicted molar refractivity (Wildman–Crippen MR) is 59.5 cm³/mol. The lowest BCUT2D eigenvalue weighted by atomic mass is 9.87. The molecule has 0 aromatic carbocycles. The lowest BCUT2D eigenvalue weighted by Crippen LogP contribution is -2.38. The van der Waals surface area contributed by atoms with Crippen LogP contribution in [0.15, 0.2) is 0 Å². The fourth-order valence-corrected chi connectivity index (χ4v) is 2.20. The predicted octanol–water partition coefficient (Wildman–Crippen LogP) is 0.265. The molecule has 4 heteroatoms. The van der Waals surface area contributed by atoms with Gasteiger partial charge in [-0.3, -0.25) is 4.79 Å². The number of carbonyl (C=O) groups is 1. The summed E-state index contributed by atoms with van der Waals surface area (Å²) in [4.78, 5) is 10.6. The zero-order valence-corrected chi connectivity index (χ0v) is 9.51. The van der Waals surface area contributed by atoms with Gasteiger partial charge in [-0.25, -0.2) is 0 Å². The highest BCUT2D eigenvalue weighted by atomic mass is 16.3. The van der Waals surface area contributed by atoms with E-state index in [1.165, 1.54) is 19.8 Å². The molecule has 4 nitrogen and oxygen atoms in total. The first-order valence-electron chi connectivity index (χ1n) is 5.75. The highest BCUT2D eigenvalue weighted by Gasteiger charge is 2.32. The smallest absolute Gasteiger partial charge is 0.216 e. The van der Waals surface area contributed by atoms with Gasteiger partial charge in [0.05, 0.1) is 0 Å². The molecule has 1 fully saturated rings. The maximum atomic E-state index is 10.6. The molecule has 0 bridgehead atoms. The van der Waals surface area contributed by atoms with Crippen molar-refractivity contribution in [2.24, 2.45) is 5.41 Å². The standard InChI is InChI=1S/C11H22N2O2/c1-10(15)13-7-6-12-8-11(9-14)4-2-3-5-11/h12,14H,2-9H2,1H3,(H,13,15). The lowest BCUT2D eigenvalue weighted by molar-refractivity contribution is -0.118. The van der Waals surface area contributed by atoms with Crippen LogP contribution in [0.5, 0.6) is 0 Å². The molecule has 0 radical (unpaired) electrons. The van der Waals surface area contributed by atoms with E-state index in [2.05, 4.69) is 10.6 Å². The van der Waals surface area contributed by atoms with Gasteiger partial charge in [-0.1, -0.05) is 12.8 Å². The van der Waals surface area contributed by atoms with Crippen LogP contribution in [0.1, 0.15) is 32.6 Å². The molecule has 88 valence electrons. The zero-order valence-electron chi connectivity index (χ0n) is 9.51. The Kier molecular flexibility index (Phi) is 5.05. The first kappa shape index (κ1) is 12.5. The average Bonchev–Trinajstić information content (AvgIpc) is 2.66. The summed E-state index contributed by atoms with van der Waals surface area (Å²) >= 11 is 0. The van der Waals surface area contributed by atoms with Crippen LogP contribution in [-0.2, 0) is 4.79 Å². The minimum Gasteiger partial charge on any atom is -0.396 e. The van der Waals surface area contributed by atoms with Crippen LogP contribution in [0.2, 0.25) is 0 Å². The van der Waals surface area contributed by atoms with Crippen molar-refractivity contribution >= 4 is 5.91 Å². The summed E-state index contributed by atoms with van der Waals surface area (Å²) in [5, 5.41) is 15.4. The molecule has 0 aromatic heterocycles. The highest BCUT2D eigenvalue weighted by molar-refractivity contribution is 5.72. The molecule has 0 saturated heterocycles. The van der Waals surface area contributed by atoms with E-state index in [0.29, 0.717) is 6.54 Å². The molecule has 0 aliphatic heterocycles. The molecule has 0 atom stereocenters. The average molecular weight is 214 g/mol. The lowest BCUT2D eigenvalue weighted by Gasteiger charge is -2.26. The maximum Gasteiger partial charge on any atom is 0.216 e. The van der Waals surface area contributed by atoms with Crippen molar-refractivity contribution in [3.05, 3.63) is 0 Å². The van der Waals surface area contributed by atoms with E-state index in [1.54, 1.807) is 0 Å². The largest absolute Gasteiger partial charge is 0.396 e. The first-order chi connectivity index (χ1) is 7.18. The maximum absolute atomic E-state index is 10.6. The highest BCUT2D eigenvalue weighted by Crippen LogP contribution is 2.36. The number of hydrogen-bond donors (Lipinski definition) is 3. The second-order valence-electron chi connectivity index (χ2n) is 4.52. The minimum absolute atomic E-state index is 0.00883. The summed E-state index contributed by atoms with van der Waals surface area (Å²) < 4.78 is 0.